The minimum absolute atomic E-state index is 0.370. The van der Waals surface area contributed by atoms with Gasteiger partial charge in [0.05, 0.1) is 49.6 Å². The molecule has 28 heavy (non-hydrogen) atoms. The van der Waals surface area contributed by atoms with Gasteiger partial charge in [0.25, 0.3) is 0 Å². The van der Waals surface area contributed by atoms with Crippen LogP contribution in [0.5, 0.6) is 11.5 Å². The van der Waals surface area contributed by atoms with Crippen LogP contribution in [0.4, 0.5) is 0 Å². The van der Waals surface area contributed by atoms with Crippen LogP contribution >= 0.6 is 23.2 Å². The Morgan fingerprint density at radius 3 is 1.46 bits per heavy atom. The van der Waals surface area contributed by atoms with E-state index in [0.29, 0.717) is 51.4 Å². The highest BCUT2D eigenvalue weighted by atomic mass is 35.5. The van der Waals surface area contributed by atoms with E-state index in [1.54, 1.807) is 12.4 Å². The van der Waals surface area contributed by atoms with E-state index >= 15 is 0 Å². The van der Waals surface area contributed by atoms with Crippen molar-refractivity contribution in [2.45, 2.75) is 25.6 Å². The first kappa shape index (κ1) is 22.7. The molecule has 6 nitrogen and oxygen atoms in total. The van der Waals surface area contributed by atoms with Gasteiger partial charge in [-0.3, -0.25) is 9.97 Å². The smallest absolute Gasteiger partial charge is 0.125 e. The molecule has 0 radical (unpaired) electrons. The summed E-state index contributed by atoms with van der Waals surface area (Å²) in [5.41, 5.74) is 3.58. The van der Waals surface area contributed by atoms with Gasteiger partial charge in [0.1, 0.15) is 24.7 Å². The SMILES string of the molecule is Cc1c(OCCOCCOCCOc2ccnc(CCl)c2C)ccnc1CCl. The monoisotopic (exact) mass is 428 g/mol. The standard InChI is InChI=1S/C20H26Cl2N2O4/c1-15-17(13-21)23-5-3-19(15)27-11-9-25-7-8-26-10-12-28-20-4-6-24-18(14-22)16(20)2/h3-6H,7-14H2,1-2H3. The molecule has 2 aromatic heterocycles. The van der Waals surface area contributed by atoms with Crippen molar-refractivity contribution in [3.8, 4) is 11.5 Å². The molecule has 0 saturated carbocycles. The molecular weight excluding hydrogens is 403 g/mol. The molecule has 0 atom stereocenters. The molecule has 0 aliphatic heterocycles. The lowest BCUT2D eigenvalue weighted by atomic mass is 10.2. The van der Waals surface area contributed by atoms with E-state index in [1.807, 2.05) is 26.0 Å². The average Bonchev–Trinajstić information content (AvgIpc) is 2.71. The molecule has 2 rings (SSSR count). The second-order valence-electron chi connectivity index (χ2n) is 5.95. The van der Waals surface area contributed by atoms with Crippen molar-refractivity contribution < 1.29 is 18.9 Å². The Kier molecular flexibility index (Phi) is 10.4. The first-order chi connectivity index (χ1) is 13.7. The maximum absolute atomic E-state index is 5.84. The summed E-state index contributed by atoms with van der Waals surface area (Å²) in [6.07, 6.45) is 3.39. The Labute approximate surface area is 176 Å². The van der Waals surface area contributed by atoms with Crippen molar-refractivity contribution >= 4 is 23.2 Å². The number of rotatable bonds is 13. The van der Waals surface area contributed by atoms with Crippen molar-refractivity contribution in [1.82, 2.24) is 9.97 Å². The minimum atomic E-state index is 0.370. The van der Waals surface area contributed by atoms with Crippen molar-refractivity contribution in [1.29, 1.82) is 0 Å². The van der Waals surface area contributed by atoms with Gasteiger partial charge in [0, 0.05) is 23.5 Å². The molecule has 0 aliphatic rings. The number of hydrogen-bond acceptors (Lipinski definition) is 6. The predicted molar refractivity (Wildman–Crippen MR) is 110 cm³/mol. The minimum Gasteiger partial charge on any atom is -0.491 e. The lowest BCUT2D eigenvalue weighted by Crippen LogP contribution is -2.14. The van der Waals surface area contributed by atoms with Gasteiger partial charge in [-0.2, -0.15) is 0 Å². The molecule has 0 bridgehead atoms. The van der Waals surface area contributed by atoms with Crippen LogP contribution < -0.4 is 9.47 Å². The van der Waals surface area contributed by atoms with Gasteiger partial charge in [0.2, 0.25) is 0 Å². The van der Waals surface area contributed by atoms with Crippen LogP contribution in [0.3, 0.4) is 0 Å². The van der Waals surface area contributed by atoms with E-state index in [0.717, 1.165) is 34.0 Å². The van der Waals surface area contributed by atoms with E-state index < -0.39 is 0 Å². The molecule has 0 aliphatic carbocycles. The van der Waals surface area contributed by atoms with Crippen LogP contribution in [-0.4, -0.2) is 49.6 Å². The molecular formula is C20H26Cl2N2O4. The zero-order valence-corrected chi connectivity index (χ0v) is 17.8. The fourth-order valence-electron chi connectivity index (χ4n) is 2.44. The maximum Gasteiger partial charge on any atom is 0.125 e. The summed E-state index contributed by atoms with van der Waals surface area (Å²) in [6.45, 7) is 6.76. The van der Waals surface area contributed by atoms with Crippen molar-refractivity contribution in [3.63, 3.8) is 0 Å². The van der Waals surface area contributed by atoms with Crippen LogP contribution in [0.15, 0.2) is 24.5 Å². The highest BCUT2D eigenvalue weighted by molar-refractivity contribution is 6.17. The van der Waals surface area contributed by atoms with Crippen molar-refractivity contribution in [3.05, 3.63) is 47.0 Å². The number of ether oxygens (including phenoxy) is 4. The first-order valence-electron chi connectivity index (χ1n) is 9.09. The van der Waals surface area contributed by atoms with Gasteiger partial charge in [-0.05, 0) is 26.0 Å². The van der Waals surface area contributed by atoms with Crippen LogP contribution in [-0.2, 0) is 21.2 Å². The summed E-state index contributed by atoms with van der Waals surface area (Å²) in [5, 5.41) is 0. The average molecular weight is 429 g/mol. The molecule has 0 spiro atoms. The Bertz CT molecular complexity index is 670. The lowest BCUT2D eigenvalue weighted by molar-refractivity contribution is 0.0272. The number of pyridine rings is 2. The zero-order valence-electron chi connectivity index (χ0n) is 16.2. The number of hydrogen-bond donors (Lipinski definition) is 0. The normalized spacial score (nSPS) is 10.9. The molecule has 8 heteroatoms. The largest absolute Gasteiger partial charge is 0.491 e. The molecule has 154 valence electrons. The van der Waals surface area contributed by atoms with Gasteiger partial charge >= 0.3 is 0 Å². The number of aromatic nitrogens is 2. The molecule has 0 saturated heterocycles. The molecule has 0 fully saturated rings. The Hall–Kier alpha value is -1.60. The van der Waals surface area contributed by atoms with Crippen LogP contribution in [0.1, 0.15) is 22.5 Å². The first-order valence-corrected chi connectivity index (χ1v) is 10.2. The summed E-state index contributed by atoms with van der Waals surface area (Å²) < 4.78 is 22.4. The van der Waals surface area contributed by atoms with Crippen LogP contribution in [0.2, 0.25) is 0 Å². The zero-order chi connectivity index (χ0) is 20.2. The quantitative estimate of drug-likeness (QED) is 0.354. The van der Waals surface area contributed by atoms with Gasteiger partial charge in [0.15, 0.2) is 0 Å². The van der Waals surface area contributed by atoms with Crippen molar-refractivity contribution in [2.24, 2.45) is 0 Å². The van der Waals surface area contributed by atoms with E-state index in [4.69, 9.17) is 42.1 Å². The number of nitrogens with zero attached hydrogens (tertiary/aromatic N) is 2. The second-order valence-corrected chi connectivity index (χ2v) is 6.49. The molecule has 0 unspecified atom stereocenters. The maximum atomic E-state index is 5.84. The fourth-order valence-corrected chi connectivity index (χ4v) is 2.98. The Morgan fingerprint density at radius 1 is 0.679 bits per heavy atom. The van der Waals surface area contributed by atoms with E-state index in [9.17, 15) is 0 Å². The van der Waals surface area contributed by atoms with Crippen LogP contribution in [0, 0.1) is 13.8 Å². The third kappa shape index (κ3) is 7.09. The fraction of sp³-hybridized carbons (Fsp3) is 0.500. The van der Waals surface area contributed by atoms with Gasteiger partial charge in [-0.25, -0.2) is 0 Å². The highest BCUT2D eigenvalue weighted by Crippen LogP contribution is 2.21. The van der Waals surface area contributed by atoms with Crippen molar-refractivity contribution in [2.75, 3.05) is 39.6 Å². The van der Waals surface area contributed by atoms with Gasteiger partial charge in [-0.15, -0.1) is 23.2 Å². The summed E-state index contributed by atoms with van der Waals surface area (Å²) >= 11 is 11.7. The molecule has 2 heterocycles. The second kappa shape index (κ2) is 12.8. The van der Waals surface area contributed by atoms with E-state index in [1.165, 1.54) is 0 Å². The predicted octanol–water partition coefficient (Wildman–Crippen LogP) is 4.06. The highest BCUT2D eigenvalue weighted by Gasteiger charge is 2.06. The summed E-state index contributed by atoms with van der Waals surface area (Å²) in [6, 6.07) is 3.66. The Morgan fingerprint density at radius 2 is 1.07 bits per heavy atom. The third-order valence-electron chi connectivity index (χ3n) is 4.11. The molecule has 0 N–H and O–H groups in total. The van der Waals surface area contributed by atoms with Gasteiger partial charge in [-0.1, -0.05) is 0 Å². The lowest BCUT2D eigenvalue weighted by Gasteiger charge is -2.12. The van der Waals surface area contributed by atoms with Gasteiger partial charge < -0.3 is 18.9 Å². The molecule has 0 aromatic carbocycles. The van der Waals surface area contributed by atoms with E-state index in [2.05, 4.69) is 9.97 Å². The molecule has 2 aromatic rings. The summed E-state index contributed by atoms with van der Waals surface area (Å²) in [4.78, 5) is 8.41. The Balaban J connectivity index is 1.51. The third-order valence-corrected chi connectivity index (χ3v) is 4.62. The summed E-state index contributed by atoms with van der Waals surface area (Å²) in [7, 11) is 0. The number of alkyl halides is 2. The molecule has 0 amide bonds. The topological polar surface area (TPSA) is 62.7 Å². The van der Waals surface area contributed by atoms with E-state index in [-0.39, 0.29) is 0 Å². The van der Waals surface area contributed by atoms with Crippen LogP contribution in [0.25, 0.3) is 0 Å². The summed E-state index contributed by atoms with van der Waals surface area (Å²) in [5.74, 6) is 2.31. The number of halogens is 2.